The maximum Gasteiger partial charge on any atom is -0.0230 e. The normalized spacial score (nSPS) is 19.9. The van der Waals surface area contributed by atoms with Crippen molar-refractivity contribution in [2.24, 2.45) is 5.92 Å². The molecule has 0 atom stereocenters. The Bertz CT molecular complexity index is 168. The van der Waals surface area contributed by atoms with Crippen LogP contribution >= 0.6 is 0 Å². The van der Waals surface area contributed by atoms with Crippen LogP contribution in [0.15, 0.2) is 36.5 Å². The first-order chi connectivity index (χ1) is 4.83. The van der Waals surface area contributed by atoms with E-state index in [9.17, 15) is 0 Å². The van der Waals surface area contributed by atoms with E-state index in [1.54, 1.807) is 0 Å². The Balaban J connectivity index is 2.34. The standard InChI is InChI=1S/C10H14/c1-3-4-9(2)5-6-10-7-8-10/h3-6,10H,1,7-8H2,2H3/b6-5-,9-4-. The summed E-state index contributed by atoms with van der Waals surface area (Å²) in [5.74, 6) is 0.883. The topological polar surface area (TPSA) is 0 Å². The minimum atomic E-state index is 0.883. The van der Waals surface area contributed by atoms with Crippen molar-refractivity contribution in [2.75, 3.05) is 0 Å². The maximum atomic E-state index is 3.63. The Morgan fingerprint density at radius 2 is 2.20 bits per heavy atom. The molecule has 54 valence electrons. The van der Waals surface area contributed by atoms with E-state index < -0.39 is 0 Å². The van der Waals surface area contributed by atoms with Crippen LogP contribution < -0.4 is 0 Å². The molecule has 0 aliphatic heterocycles. The molecule has 1 saturated carbocycles. The van der Waals surface area contributed by atoms with Gasteiger partial charge in [-0.15, -0.1) is 0 Å². The highest BCUT2D eigenvalue weighted by Gasteiger charge is 2.16. The Morgan fingerprint density at radius 3 is 2.70 bits per heavy atom. The monoisotopic (exact) mass is 134 g/mol. The van der Waals surface area contributed by atoms with E-state index in [4.69, 9.17) is 0 Å². The smallest absolute Gasteiger partial charge is 0.0230 e. The van der Waals surface area contributed by atoms with E-state index >= 15 is 0 Å². The van der Waals surface area contributed by atoms with Crippen LogP contribution in [-0.4, -0.2) is 0 Å². The second kappa shape index (κ2) is 3.40. The first-order valence-corrected chi connectivity index (χ1v) is 3.80. The van der Waals surface area contributed by atoms with Crippen LogP contribution in [0.3, 0.4) is 0 Å². The van der Waals surface area contributed by atoms with E-state index in [1.807, 2.05) is 12.2 Å². The van der Waals surface area contributed by atoms with Gasteiger partial charge in [-0.2, -0.15) is 0 Å². The lowest BCUT2D eigenvalue weighted by atomic mass is 10.2. The average molecular weight is 134 g/mol. The van der Waals surface area contributed by atoms with Crippen molar-refractivity contribution in [2.45, 2.75) is 19.8 Å². The zero-order valence-corrected chi connectivity index (χ0v) is 6.51. The van der Waals surface area contributed by atoms with Crippen molar-refractivity contribution in [1.29, 1.82) is 0 Å². The predicted octanol–water partition coefficient (Wildman–Crippen LogP) is 3.08. The molecular formula is C10H14. The molecule has 1 aliphatic carbocycles. The zero-order chi connectivity index (χ0) is 7.40. The van der Waals surface area contributed by atoms with Crippen LogP contribution in [0.1, 0.15) is 19.8 Å². The lowest BCUT2D eigenvalue weighted by molar-refractivity contribution is 1.12. The van der Waals surface area contributed by atoms with Crippen molar-refractivity contribution in [3.63, 3.8) is 0 Å². The Kier molecular flexibility index (Phi) is 2.49. The van der Waals surface area contributed by atoms with Crippen molar-refractivity contribution in [1.82, 2.24) is 0 Å². The lowest BCUT2D eigenvalue weighted by Gasteiger charge is -1.86. The number of hydrogen-bond acceptors (Lipinski definition) is 0. The highest BCUT2D eigenvalue weighted by Crippen LogP contribution is 2.30. The van der Waals surface area contributed by atoms with E-state index in [-0.39, 0.29) is 0 Å². The van der Waals surface area contributed by atoms with Gasteiger partial charge in [0, 0.05) is 0 Å². The molecule has 0 bridgehead atoms. The number of hydrogen-bond donors (Lipinski definition) is 0. The minimum Gasteiger partial charge on any atom is -0.0991 e. The highest BCUT2D eigenvalue weighted by atomic mass is 14.2. The van der Waals surface area contributed by atoms with Gasteiger partial charge in [0.1, 0.15) is 0 Å². The van der Waals surface area contributed by atoms with Crippen LogP contribution in [0, 0.1) is 5.92 Å². The fraction of sp³-hybridized carbons (Fsp3) is 0.400. The van der Waals surface area contributed by atoms with E-state index in [0.717, 1.165) is 5.92 Å². The van der Waals surface area contributed by atoms with Gasteiger partial charge in [0.15, 0.2) is 0 Å². The van der Waals surface area contributed by atoms with Gasteiger partial charge in [-0.3, -0.25) is 0 Å². The fourth-order valence-electron chi connectivity index (χ4n) is 0.818. The van der Waals surface area contributed by atoms with Gasteiger partial charge in [0.2, 0.25) is 0 Å². The molecule has 0 nitrogen and oxygen atoms in total. The van der Waals surface area contributed by atoms with Crippen molar-refractivity contribution >= 4 is 0 Å². The van der Waals surface area contributed by atoms with Crippen molar-refractivity contribution < 1.29 is 0 Å². The van der Waals surface area contributed by atoms with Gasteiger partial charge in [-0.25, -0.2) is 0 Å². The summed E-state index contributed by atoms with van der Waals surface area (Å²) in [7, 11) is 0. The summed E-state index contributed by atoms with van der Waals surface area (Å²) in [6.07, 6.45) is 11.1. The van der Waals surface area contributed by atoms with Gasteiger partial charge in [0.05, 0.1) is 0 Å². The third-order valence-electron chi connectivity index (χ3n) is 1.63. The quantitative estimate of drug-likeness (QED) is 0.520. The summed E-state index contributed by atoms with van der Waals surface area (Å²) >= 11 is 0. The molecule has 0 heterocycles. The summed E-state index contributed by atoms with van der Waals surface area (Å²) in [5, 5.41) is 0. The van der Waals surface area contributed by atoms with Gasteiger partial charge >= 0.3 is 0 Å². The van der Waals surface area contributed by atoms with Crippen LogP contribution in [0.4, 0.5) is 0 Å². The molecule has 0 spiro atoms. The molecule has 0 aromatic heterocycles. The average Bonchev–Trinajstić information content (AvgIpc) is 2.67. The molecule has 1 aliphatic rings. The number of allylic oxidation sites excluding steroid dienone is 5. The first-order valence-electron chi connectivity index (χ1n) is 3.80. The van der Waals surface area contributed by atoms with Gasteiger partial charge < -0.3 is 0 Å². The van der Waals surface area contributed by atoms with E-state index in [1.165, 1.54) is 18.4 Å². The van der Waals surface area contributed by atoms with Gasteiger partial charge in [0.25, 0.3) is 0 Å². The van der Waals surface area contributed by atoms with Gasteiger partial charge in [-0.1, -0.05) is 36.5 Å². The second-order valence-electron chi connectivity index (χ2n) is 2.84. The molecule has 10 heavy (non-hydrogen) atoms. The molecule has 0 aromatic carbocycles. The minimum absolute atomic E-state index is 0.883. The fourth-order valence-corrected chi connectivity index (χ4v) is 0.818. The van der Waals surface area contributed by atoms with Crippen molar-refractivity contribution in [3.8, 4) is 0 Å². The molecule has 0 aromatic rings. The molecule has 0 N–H and O–H groups in total. The second-order valence-corrected chi connectivity index (χ2v) is 2.84. The van der Waals surface area contributed by atoms with Gasteiger partial charge in [-0.05, 0) is 25.7 Å². The summed E-state index contributed by atoms with van der Waals surface area (Å²) in [6, 6.07) is 0. The van der Waals surface area contributed by atoms with E-state index in [0.29, 0.717) is 0 Å². The predicted molar refractivity (Wildman–Crippen MR) is 45.8 cm³/mol. The maximum absolute atomic E-state index is 3.63. The molecular weight excluding hydrogens is 120 g/mol. The summed E-state index contributed by atoms with van der Waals surface area (Å²) in [4.78, 5) is 0. The molecule has 0 saturated heterocycles. The largest absolute Gasteiger partial charge is 0.0991 e. The highest BCUT2D eigenvalue weighted by molar-refractivity contribution is 5.21. The van der Waals surface area contributed by atoms with Crippen LogP contribution in [0.5, 0.6) is 0 Å². The molecule has 0 amide bonds. The zero-order valence-electron chi connectivity index (χ0n) is 6.51. The Morgan fingerprint density at radius 1 is 1.50 bits per heavy atom. The molecule has 1 fully saturated rings. The Labute approximate surface area is 62.9 Å². The summed E-state index contributed by atoms with van der Waals surface area (Å²) in [5.41, 5.74) is 1.29. The Hall–Kier alpha value is -0.780. The third kappa shape index (κ3) is 2.67. The van der Waals surface area contributed by atoms with Crippen LogP contribution in [0.2, 0.25) is 0 Å². The molecule has 0 unspecified atom stereocenters. The molecule has 1 rings (SSSR count). The van der Waals surface area contributed by atoms with Crippen LogP contribution in [0.25, 0.3) is 0 Å². The van der Waals surface area contributed by atoms with E-state index in [2.05, 4.69) is 25.7 Å². The lowest BCUT2D eigenvalue weighted by Crippen LogP contribution is -1.67. The third-order valence-corrected chi connectivity index (χ3v) is 1.63. The number of rotatable bonds is 3. The van der Waals surface area contributed by atoms with Crippen LogP contribution in [-0.2, 0) is 0 Å². The molecule has 0 radical (unpaired) electrons. The van der Waals surface area contributed by atoms with Crippen molar-refractivity contribution in [3.05, 3.63) is 36.5 Å². The molecule has 0 heteroatoms. The SMILES string of the molecule is C=C/C=C(C)\C=C/C1CC1. The summed E-state index contributed by atoms with van der Waals surface area (Å²) < 4.78 is 0. The first kappa shape index (κ1) is 7.33. The summed E-state index contributed by atoms with van der Waals surface area (Å²) in [6.45, 7) is 5.73.